The van der Waals surface area contributed by atoms with E-state index in [1.165, 1.54) is 32.3 Å². The second kappa shape index (κ2) is 8.97. The number of benzene rings is 1. The average Bonchev–Trinajstić information content (AvgIpc) is 2.72. The van der Waals surface area contributed by atoms with Gasteiger partial charge in [-0.3, -0.25) is 19.1 Å². The van der Waals surface area contributed by atoms with Gasteiger partial charge in [0.1, 0.15) is 23.2 Å². The molecule has 1 amide bonds. The zero-order chi connectivity index (χ0) is 22.8. The molecule has 1 aromatic carbocycles. The van der Waals surface area contributed by atoms with E-state index >= 15 is 0 Å². The monoisotopic (exact) mass is 449 g/mol. The second-order valence-electron chi connectivity index (χ2n) is 6.82. The van der Waals surface area contributed by atoms with Crippen molar-refractivity contribution in [3.05, 3.63) is 69.4 Å². The van der Waals surface area contributed by atoms with Crippen LogP contribution in [0.5, 0.6) is 5.75 Å². The Kier molecular flexibility index (Phi) is 6.54. The number of aromatic hydroxyl groups is 1. The maximum atomic E-state index is 13.1. The van der Waals surface area contributed by atoms with Crippen LogP contribution in [-0.4, -0.2) is 38.4 Å². The number of halogens is 1. The van der Waals surface area contributed by atoms with Crippen LogP contribution in [-0.2, 0) is 22.6 Å². The lowest BCUT2D eigenvalue weighted by Gasteiger charge is -2.14. The van der Waals surface area contributed by atoms with Crippen molar-refractivity contribution in [2.75, 3.05) is 12.9 Å². The van der Waals surface area contributed by atoms with Crippen LogP contribution in [0.4, 0.5) is 4.39 Å². The SMILES string of the molecule is CCOP(=O)(O)CNC(=O)c1c(O)c2ncc(Cc3ccc(F)cc3)cc2n(C)c1=O. The van der Waals surface area contributed by atoms with Gasteiger partial charge in [0.2, 0.25) is 0 Å². The second-order valence-corrected chi connectivity index (χ2v) is 8.67. The number of hydrogen-bond acceptors (Lipinski definition) is 6. The molecule has 1 unspecified atom stereocenters. The highest BCUT2D eigenvalue weighted by atomic mass is 31.2. The first-order valence-corrected chi connectivity index (χ1v) is 11.1. The number of carbonyl (C=O) groups excluding carboxylic acids is 1. The molecular weight excluding hydrogens is 428 g/mol. The summed E-state index contributed by atoms with van der Waals surface area (Å²) in [5.74, 6) is -2.00. The van der Waals surface area contributed by atoms with Crippen LogP contribution in [0.25, 0.3) is 11.0 Å². The summed E-state index contributed by atoms with van der Waals surface area (Å²) in [6, 6.07) is 7.59. The third-order valence-electron chi connectivity index (χ3n) is 4.58. The van der Waals surface area contributed by atoms with Crippen molar-refractivity contribution < 1.29 is 28.3 Å². The lowest BCUT2D eigenvalue weighted by molar-refractivity contribution is 0.0951. The molecule has 0 radical (unpaired) electrons. The van der Waals surface area contributed by atoms with Crippen molar-refractivity contribution in [1.29, 1.82) is 0 Å². The van der Waals surface area contributed by atoms with Crippen LogP contribution >= 0.6 is 7.60 Å². The van der Waals surface area contributed by atoms with E-state index in [-0.39, 0.29) is 17.9 Å². The molecule has 2 heterocycles. The van der Waals surface area contributed by atoms with Crippen molar-refractivity contribution in [2.24, 2.45) is 7.05 Å². The van der Waals surface area contributed by atoms with Crippen molar-refractivity contribution in [3.63, 3.8) is 0 Å². The normalized spacial score (nSPS) is 13.2. The molecule has 0 saturated heterocycles. The average molecular weight is 449 g/mol. The van der Waals surface area contributed by atoms with Gasteiger partial charge in [-0.05, 0) is 42.7 Å². The Hall–Kier alpha value is -3.07. The number of carbonyl (C=O) groups is 1. The van der Waals surface area contributed by atoms with Crippen LogP contribution in [0.3, 0.4) is 0 Å². The van der Waals surface area contributed by atoms with E-state index in [0.717, 1.165) is 10.1 Å². The molecule has 0 saturated carbocycles. The Morgan fingerprint density at radius 3 is 2.61 bits per heavy atom. The molecule has 0 aliphatic heterocycles. The van der Waals surface area contributed by atoms with Gasteiger partial charge >= 0.3 is 7.60 Å². The van der Waals surface area contributed by atoms with Gasteiger partial charge in [0.25, 0.3) is 11.5 Å². The van der Waals surface area contributed by atoms with Gasteiger partial charge in [-0.1, -0.05) is 12.1 Å². The van der Waals surface area contributed by atoms with Gasteiger partial charge in [-0.15, -0.1) is 0 Å². The fourth-order valence-electron chi connectivity index (χ4n) is 3.08. The van der Waals surface area contributed by atoms with E-state index < -0.39 is 36.7 Å². The quantitative estimate of drug-likeness (QED) is 0.472. The first-order valence-electron chi connectivity index (χ1n) is 9.32. The van der Waals surface area contributed by atoms with Crippen LogP contribution in [0.1, 0.15) is 28.4 Å². The fraction of sp³-hybridized carbons (Fsp3) is 0.250. The molecule has 0 fully saturated rings. The first kappa shape index (κ1) is 22.6. The number of hydrogen-bond donors (Lipinski definition) is 3. The Morgan fingerprint density at radius 1 is 1.29 bits per heavy atom. The van der Waals surface area contributed by atoms with E-state index in [2.05, 4.69) is 14.8 Å². The lowest BCUT2D eigenvalue weighted by Crippen LogP contribution is -2.33. The number of rotatable bonds is 7. The van der Waals surface area contributed by atoms with Gasteiger partial charge in [-0.2, -0.15) is 0 Å². The summed E-state index contributed by atoms with van der Waals surface area (Å²) in [4.78, 5) is 38.9. The Labute approximate surface area is 176 Å². The lowest BCUT2D eigenvalue weighted by atomic mass is 10.1. The largest absolute Gasteiger partial charge is 0.505 e. The van der Waals surface area contributed by atoms with Crippen LogP contribution in [0, 0.1) is 5.82 Å². The van der Waals surface area contributed by atoms with E-state index in [1.54, 1.807) is 18.2 Å². The number of pyridine rings is 2. The van der Waals surface area contributed by atoms with Gasteiger partial charge in [-0.25, -0.2) is 4.39 Å². The minimum absolute atomic E-state index is 0.0205. The molecule has 3 N–H and O–H groups in total. The predicted molar refractivity (Wildman–Crippen MR) is 112 cm³/mol. The van der Waals surface area contributed by atoms with Crippen LogP contribution in [0.2, 0.25) is 0 Å². The molecule has 0 bridgehead atoms. The van der Waals surface area contributed by atoms with Crippen LogP contribution < -0.4 is 10.9 Å². The van der Waals surface area contributed by atoms with E-state index in [1.807, 2.05) is 0 Å². The molecule has 9 nitrogen and oxygen atoms in total. The van der Waals surface area contributed by atoms with E-state index in [0.29, 0.717) is 17.5 Å². The molecule has 2 aromatic heterocycles. The molecular formula is C20H21FN3O6P. The molecule has 0 spiro atoms. The van der Waals surface area contributed by atoms with Crippen LogP contribution in [0.15, 0.2) is 41.3 Å². The molecule has 3 aromatic rings. The van der Waals surface area contributed by atoms with Crippen molar-refractivity contribution >= 4 is 24.5 Å². The number of aryl methyl sites for hydroxylation is 1. The summed E-state index contributed by atoms with van der Waals surface area (Å²) < 4.78 is 30.6. The molecule has 11 heteroatoms. The zero-order valence-electron chi connectivity index (χ0n) is 16.8. The maximum Gasteiger partial charge on any atom is 0.347 e. The minimum Gasteiger partial charge on any atom is -0.505 e. The minimum atomic E-state index is -4.06. The zero-order valence-corrected chi connectivity index (χ0v) is 17.7. The molecule has 31 heavy (non-hydrogen) atoms. The molecule has 164 valence electrons. The Bertz CT molecular complexity index is 1240. The number of amides is 1. The summed E-state index contributed by atoms with van der Waals surface area (Å²) in [6.45, 7) is 1.49. The number of fused-ring (bicyclic) bond motifs is 1. The molecule has 3 rings (SSSR count). The van der Waals surface area contributed by atoms with E-state index in [4.69, 9.17) is 0 Å². The third kappa shape index (κ3) is 4.99. The predicted octanol–water partition coefficient (Wildman–Crippen LogP) is 2.28. The molecule has 0 aliphatic carbocycles. The molecule has 0 aliphatic rings. The van der Waals surface area contributed by atoms with Crippen molar-refractivity contribution in [3.8, 4) is 5.75 Å². The topological polar surface area (TPSA) is 131 Å². The Balaban J connectivity index is 1.95. The highest BCUT2D eigenvalue weighted by Crippen LogP contribution is 2.40. The third-order valence-corrected chi connectivity index (χ3v) is 5.80. The van der Waals surface area contributed by atoms with Gasteiger partial charge in [0, 0.05) is 13.2 Å². The summed E-state index contributed by atoms with van der Waals surface area (Å²) in [6.07, 6.45) is 1.18. The summed E-state index contributed by atoms with van der Waals surface area (Å²) in [5, 5.41) is 12.7. The maximum absolute atomic E-state index is 13.1. The smallest absolute Gasteiger partial charge is 0.347 e. The van der Waals surface area contributed by atoms with Gasteiger partial charge < -0.3 is 24.4 Å². The Morgan fingerprint density at radius 2 is 1.97 bits per heavy atom. The van der Waals surface area contributed by atoms with Crippen molar-refractivity contribution in [1.82, 2.24) is 14.9 Å². The number of aromatic nitrogens is 2. The highest BCUT2D eigenvalue weighted by molar-refractivity contribution is 7.52. The highest BCUT2D eigenvalue weighted by Gasteiger charge is 2.25. The summed E-state index contributed by atoms with van der Waals surface area (Å²) >= 11 is 0. The van der Waals surface area contributed by atoms with Crippen molar-refractivity contribution in [2.45, 2.75) is 13.3 Å². The van der Waals surface area contributed by atoms with E-state index in [9.17, 15) is 28.5 Å². The fourth-order valence-corrected chi connectivity index (χ4v) is 3.91. The van der Waals surface area contributed by atoms with Gasteiger partial charge in [0.05, 0.1) is 12.1 Å². The number of nitrogens with zero attached hydrogens (tertiary/aromatic N) is 2. The first-order chi connectivity index (χ1) is 14.6. The standard InChI is InChI=1S/C20H21FN3O6P/c1-3-30-31(28,29)11-23-19(26)16-18(25)17-15(24(2)20(16)27)9-13(10-22-17)8-12-4-6-14(21)7-5-12/h4-7,9-10,25H,3,8,11H2,1-2H3,(H,23,26)(H,28,29). The summed E-state index contributed by atoms with van der Waals surface area (Å²) in [5.41, 5.74) is 0.463. The number of nitrogens with one attached hydrogen (secondary N) is 1. The summed E-state index contributed by atoms with van der Waals surface area (Å²) in [7, 11) is -2.64. The molecule has 1 atom stereocenters. The van der Waals surface area contributed by atoms with Gasteiger partial charge in [0.15, 0.2) is 5.75 Å².